The van der Waals surface area contributed by atoms with Gasteiger partial charge >= 0.3 is 5.97 Å². The number of ether oxygens (including phenoxy) is 3. The lowest BCUT2D eigenvalue weighted by Crippen LogP contribution is -2.46. The Hall–Kier alpha value is -2.64. The summed E-state index contributed by atoms with van der Waals surface area (Å²) in [5, 5.41) is 3.15. The predicted molar refractivity (Wildman–Crippen MR) is 106 cm³/mol. The highest BCUT2D eigenvalue weighted by atomic mass is 19.1. The van der Waals surface area contributed by atoms with Gasteiger partial charge in [0.25, 0.3) is 0 Å². The van der Waals surface area contributed by atoms with Crippen molar-refractivity contribution in [2.45, 2.75) is 31.5 Å². The van der Waals surface area contributed by atoms with Crippen LogP contribution in [0.4, 0.5) is 10.1 Å². The first-order valence-corrected chi connectivity index (χ1v) is 9.91. The van der Waals surface area contributed by atoms with E-state index in [1.165, 1.54) is 13.2 Å². The molecule has 152 valence electrons. The topological polar surface area (TPSA) is 60.0 Å². The highest BCUT2D eigenvalue weighted by molar-refractivity contribution is 5.97. The molecule has 3 heterocycles. The fourth-order valence-corrected chi connectivity index (χ4v) is 4.69. The van der Waals surface area contributed by atoms with E-state index in [-0.39, 0.29) is 17.6 Å². The predicted octanol–water partition coefficient (Wildman–Crippen LogP) is 3.09. The Morgan fingerprint density at radius 3 is 2.76 bits per heavy atom. The summed E-state index contributed by atoms with van der Waals surface area (Å²) in [6, 6.07) is 9.16. The van der Waals surface area contributed by atoms with E-state index >= 15 is 4.39 Å². The average molecular weight is 398 g/mol. The lowest BCUT2D eigenvalue weighted by molar-refractivity contribution is 0.0598. The Morgan fingerprint density at radius 1 is 1.21 bits per heavy atom. The molecule has 2 unspecified atom stereocenters. The molecule has 0 saturated carbocycles. The maximum atomic E-state index is 15.2. The molecule has 7 heteroatoms. The molecule has 2 aromatic rings. The number of esters is 1. The number of carbonyl (C=O) groups excluding carboxylic acids is 1. The number of nitrogens with one attached hydrogen (secondary N) is 1. The minimum absolute atomic E-state index is 0.181. The van der Waals surface area contributed by atoms with Crippen LogP contribution in [0.15, 0.2) is 30.3 Å². The number of rotatable bonds is 3. The third-order valence-corrected chi connectivity index (χ3v) is 6.03. The maximum Gasteiger partial charge on any atom is 0.340 e. The maximum absolute atomic E-state index is 15.2. The lowest BCUT2D eigenvalue weighted by atomic mass is 9.97. The van der Waals surface area contributed by atoms with Crippen LogP contribution in [0.1, 0.15) is 28.8 Å². The van der Waals surface area contributed by atoms with Gasteiger partial charge in [0.1, 0.15) is 18.3 Å². The largest absolute Gasteiger partial charge is 0.477 e. The number of fused-ring (bicyclic) bond motifs is 3. The molecule has 29 heavy (non-hydrogen) atoms. The summed E-state index contributed by atoms with van der Waals surface area (Å²) in [6.07, 6.45) is 1.99. The van der Waals surface area contributed by atoms with Gasteiger partial charge in [-0.25, -0.2) is 9.18 Å². The van der Waals surface area contributed by atoms with Gasteiger partial charge in [-0.05, 0) is 25.0 Å². The summed E-state index contributed by atoms with van der Waals surface area (Å²) in [5.41, 5.74) is 3.06. The van der Waals surface area contributed by atoms with Gasteiger partial charge in [-0.1, -0.05) is 18.2 Å². The monoisotopic (exact) mass is 398 g/mol. The van der Waals surface area contributed by atoms with Gasteiger partial charge in [-0.15, -0.1) is 0 Å². The van der Waals surface area contributed by atoms with Crippen molar-refractivity contribution < 1.29 is 23.4 Å². The molecule has 1 N–H and O–H groups in total. The Morgan fingerprint density at radius 2 is 2.00 bits per heavy atom. The zero-order valence-electron chi connectivity index (χ0n) is 16.2. The summed E-state index contributed by atoms with van der Waals surface area (Å²) in [7, 11) is 1.32. The number of anilines is 1. The van der Waals surface area contributed by atoms with E-state index in [1.807, 2.05) is 18.2 Å². The second-order valence-corrected chi connectivity index (χ2v) is 7.68. The molecule has 0 spiro atoms. The molecule has 3 aliphatic heterocycles. The lowest BCUT2D eigenvalue weighted by Gasteiger charge is -2.37. The van der Waals surface area contributed by atoms with E-state index < -0.39 is 11.8 Å². The van der Waals surface area contributed by atoms with Crippen molar-refractivity contribution in [1.29, 1.82) is 0 Å². The van der Waals surface area contributed by atoms with E-state index in [0.717, 1.165) is 18.4 Å². The molecule has 5 rings (SSSR count). The molecule has 2 aromatic carbocycles. The number of para-hydroxylation sites is 1. The van der Waals surface area contributed by atoms with Crippen LogP contribution < -0.4 is 15.0 Å². The Bertz CT molecular complexity index is 948. The fraction of sp³-hybridized carbons (Fsp3) is 0.409. The van der Waals surface area contributed by atoms with Crippen LogP contribution in [0.5, 0.6) is 5.75 Å². The first-order chi connectivity index (χ1) is 14.2. The quantitative estimate of drug-likeness (QED) is 0.802. The summed E-state index contributed by atoms with van der Waals surface area (Å²) in [6.45, 7) is 2.27. The molecule has 6 nitrogen and oxygen atoms in total. The van der Waals surface area contributed by atoms with Crippen LogP contribution in [0, 0.1) is 5.82 Å². The van der Waals surface area contributed by atoms with Crippen LogP contribution in [0.25, 0.3) is 11.1 Å². The minimum atomic E-state index is -0.535. The Balaban J connectivity index is 1.68. The van der Waals surface area contributed by atoms with E-state index in [9.17, 15) is 4.79 Å². The molecule has 2 bridgehead atoms. The van der Waals surface area contributed by atoms with Crippen molar-refractivity contribution in [1.82, 2.24) is 5.32 Å². The van der Waals surface area contributed by atoms with Gasteiger partial charge in [0, 0.05) is 23.2 Å². The molecule has 0 amide bonds. The molecular formula is C22H23FN2O4. The van der Waals surface area contributed by atoms with Crippen molar-refractivity contribution in [3.63, 3.8) is 0 Å². The number of benzene rings is 2. The van der Waals surface area contributed by atoms with Crippen LogP contribution >= 0.6 is 0 Å². The average Bonchev–Trinajstić information content (AvgIpc) is 3.00. The zero-order valence-corrected chi connectivity index (χ0v) is 16.2. The third kappa shape index (κ3) is 3.05. The zero-order chi connectivity index (χ0) is 20.0. The molecule has 2 fully saturated rings. The van der Waals surface area contributed by atoms with E-state index in [0.29, 0.717) is 49.1 Å². The normalized spacial score (nSPS) is 22.8. The van der Waals surface area contributed by atoms with Crippen molar-refractivity contribution in [2.24, 2.45) is 0 Å². The van der Waals surface area contributed by atoms with Gasteiger partial charge in [-0.3, -0.25) is 5.32 Å². The molecule has 0 aliphatic carbocycles. The van der Waals surface area contributed by atoms with Crippen molar-refractivity contribution >= 4 is 11.7 Å². The Labute approximate surface area is 168 Å². The van der Waals surface area contributed by atoms with Gasteiger partial charge in [-0.2, -0.15) is 0 Å². The number of methoxy groups -OCH3 is 1. The molecule has 0 aromatic heterocycles. The first-order valence-electron chi connectivity index (χ1n) is 9.91. The van der Waals surface area contributed by atoms with Crippen LogP contribution in [-0.4, -0.2) is 45.1 Å². The van der Waals surface area contributed by atoms with Gasteiger partial charge in [0.2, 0.25) is 0 Å². The van der Waals surface area contributed by atoms with Crippen LogP contribution in [0.3, 0.4) is 0 Å². The standard InChI is InChI=1S/C22H23FN2O4/c1-27-22(26)18-7-19(23)17(16-4-2-3-13-9-24-12-29-21(13)16)8-20(18)25-14-5-6-15(25)11-28-10-14/h2-4,7-8,14-15,24H,5-6,9-12H2,1H3. The van der Waals surface area contributed by atoms with Gasteiger partial charge < -0.3 is 19.1 Å². The smallest absolute Gasteiger partial charge is 0.340 e. The van der Waals surface area contributed by atoms with Gasteiger partial charge in [0.05, 0.1) is 43.7 Å². The molecular weight excluding hydrogens is 375 g/mol. The van der Waals surface area contributed by atoms with E-state index in [4.69, 9.17) is 14.2 Å². The van der Waals surface area contributed by atoms with Crippen molar-refractivity contribution in [3.05, 3.63) is 47.3 Å². The fourth-order valence-electron chi connectivity index (χ4n) is 4.69. The van der Waals surface area contributed by atoms with E-state index in [1.54, 1.807) is 6.07 Å². The highest BCUT2D eigenvalue weighted by Gasteiger charge is 2.39. The number of morpholine rings is 1. The van der Waals surface area contributed by atoms with Crippen LogP contribution in [0.2, 0.25) is 0 Å². The second kappa shape index (κ2) is 7.31. The minimum Gasteiger partial charge on any atom is -0.477 e. The number of halogens is 1. The molecule has 2 atom stereocenters. The summed E-state index contributed by atoms with van der Waals surface area (Å²) >= 11 is 0. The third-order valence-electron chi connectivity index (χ3n) is 6.03. The molecule has 3 aliphatic rings. The Kier molecular flexibility index (Phi) is 4.64. The number of hydrogen-bond acceptors (Lipinski definition) is 6. The van der Waals surface area contributed by atoms with Crippen molar-refractivity contribution in [3.8, 4) is 16.9 Å². The first kappa shape index (κ1) is 18.4. The SMILES string of the molecule is COC(=O)c1cc(F)c(-c2cccc3c2OCNC3)cc1N1C2CCC1COC2. The van der Waals surface area contributed by atoms with E-state index in [2.05, 4.69) is 10.2 Å². The highest BCUT2D eigenvalue weighted by Crippen LogP contribution is 2.42. The summed E-state index contributed by atoms with van der Waals surface area (Å²) in [4.78, 5) is 14.7. The van der Waals surface area contributed by atoms with Crippen molar-refractivity contribution in [2.75, 3.05) is 32.0 Å². The number of carbonyl (C=O) groups is 1. The second-order valence-electron chi connectivity index (χ2n) is 7.68. The van der Waals surface area contributed by atoms with Crippen LogP contribution in [-0.2, 0) is 16.0 Å². The number of nitrogens with zero attached hydrogens (tertiary/aromatic N) is 1. The summed E-state index contributed by atoms with van der Waals surface area (Å²) < 4.78 is 31.7. The molecule has 2 saturated heterocycles. The molecule has 0 radical (unpaired) electrons. The van der Waals surface area contributed by atoms with Gasteiger partial charge in [0.15, 0.2) is 0 Å². The number of hydrogen-bond donors (Lipinski definition) is 1. The summed E-state index contributed by atoms with van der Waals surface area (Å²) in [5.74, 6) is -0.316.